The van der Waals surface area contributed by atoms with Crippen LogP contribution in [0.1, 0.15) is 18.7 Å². The molecular weight excluding hydrogens is 230 g/mol. The minimum Gasteiger partial charge on any atom is -0.371 e. The summed E-state index contributed by atoms with van der Waals surface area (Å²) in [5.41, 5.74) is 1.41. The number of hydrogen-bond donors (Lipinski definition) is 1. The van der Waals surface area contributed by atoms with Gasteiger partial charge in [-0.2, -0.15) is 0 Å². The lowest BCUT2D eigenvalue weighted by atomic mass is 10.2. The summed E-state index contributed by atoms with van der Waals surface area (Å²) in [5, 5.41) is 14.0. The van der Waals surface area contributed by atoms with Gasteiger partial charge in [-0.15, -0.1) is 0 Å². The van der Waals surface area contributed by atoms with Crippen LogP contribution in [0.15, 0.2) is 48.7 Å². The summed E-state index contributed by atoms with van der Waals surface area (Å²) in [5.74, 6) is 0. The average molecular weight is 243 g/mol. The van der Waals surface area contributed by atoms with Crippen LogP contribution in [0.25, 0.3) is 0 Å². The van der Waals surface area contributed by atoms with Crippen molar-refractivity contribution in [3.63, 3.8) is 0 Å². The summed E-state index contributed by atoms with van der Waals surface area (Å²) in [4.78, 5) is 14.7. The molecule has 1 aromatic carbocycles. The Bertz CT molecular complexity index is 543. The largest absolute Gasteiger partial charge is 0.371 e. The highest BCUT2D eigenvalue weighted by atomic mass is 16.6. The SMILES string of the molecule is C[C@H](Nc1ccccc1[N+](=O)[O-])c1ccccn1. The Kier molecular flexibility index (Phi) is 3.52. The van der Waals surface area contributed by atoms with Gasteiger partial charge in [0.05, 0.1) is 16.7 Å². The minimum absolute atomic E-state index is 0.0697. The first-order chi connectivity index (χ1) is 8.68. The molecule has 18 heavy (non-hydrogen) atoms. The molecule has 0 spiro atoms. The molecular formula is C13H13N3O2. The fourth-order valence-electron chi connectivity index (χ4n) is 1.69. The van der Waals surface area contributed by atoms with E-state index in [1.54, 1.807) is 24.4 Å². The molecule has 0 saturated carbocycles. The predicted octanol–water partition coefficient (Wildman–Crippen LogP) is 3.16. The Morgan fingerprint density at radius 3 is 2.61 bits per heavy atom. The highest BCUT2D eigenvalue weighted by molar-refractivity contribution is 5.61. The highest BCUT2D eigenvalue weighted by Gasteiger charge is 2.15. The van der Waals surface area contributed by atoms with E-state index >= 15 is 0 Å². The Labute approximate surface area is 105 Å². The number of hydrogen-bond acceptors (Lipinski definition) is 4. The maximum Gasteiger partial charge on any atom is 0.292 e. The third-order valence-corrected chi connectivity index (χ3v) is 2.60. The normalized spacial score (nSPS) is 11.8. The van der Waals surface area contributed by atoms with E-state index < -0.39 is 4.92 Å². The molecule has 2 aromatic rings. The third-order valence-electron chi connectivity index (χ3n) is 2.60. The summed E-state index contributed by atoms with van der Waals surface area (Å²) in [6.07, 6.45) is 1.70. The van der Waals surface area contributed by atoms with Gasteiger partial charge < -0.3 is 5.32 Å². The molecule has 0 fully saturated rings. The number of anilines is 1. The molecule has 1 aromatic heterocycles. The summed E-state index contributed by atoms with van der Waals surface area (Å²) in [6, 6.07) is 12.1. The molecule has 1 atom stereocenters. The lowest BCUT2D eigenvalue weighted by Crippen LogP contribution is -2.09. The lowest BCUT2D eigenvalue weighted by Gasteiger charge is -2.14. The standard InChI is InChI=1S/C13H13N3O2/c1-10(11-6-4-5-9-14-11)15-12-7-2-3-8-13(12)16(17)18/h2-10,15H,1H3/t10-/m0/s1. The van der Waals surface area contributed by atoms with E-state index in [9.17, 15) is 10.1 Å². The van der Waals surface area contributed by atoms with Crippen molar-refractivity contribution in [2.75, 3.05) is 5.32 Å². The summed E-state index contributed by atoms with van der Waals surface area (Å²) < 4.78 is 0. The van der Waals surface area contributed by atoms with Gasteiger partial charge in [0.1, 0.15) is 5.69 Å². The van der Waals surface area contributed by atoms with Crippen LogP contribution in [0.2, 0.25) is 0 Å². The summed E-state index contributed by atoms with van der Waals surface area (Å²) >= 11 is 0. The maximum absolute atomic E-state index is 10.9. The monoisotopic (exact) mass is 243 g/mol. The van der Waals surface area contributed by atoms with Crippen molar-refractivity contribution >= 4 is 11.4 Å². The second-order valence-corrected chi connectivity index (χ2v) is 3.89. The zero-order chi connectivity index (χ0) is 13.0. The number of pyridine rings is 1. The Morgan fingerprint density at radius 2 is 1.94 bits per heavy atom. The van der Waals surface area contributed by atoms with Crippen LogP contribution >= 0.6 is 0 Å². The molecule has 5 heteroatoms. The molecule has 0 aliphatic heterocycles. The average Bonchev–Trinajstić information content (AvgIpc) is 2.40. The van der Waals surface area contributed by atoms with Gasteiger partial charge in [-0.1, -0.05) is 18.2 Å². The Balaban J connectivity index is 2.22. The molecule has 5 nitrogen and oxygen atoms in total. The van der Waals surface area contributed by atoms with E-state index in [1.165, 1.54) is 6.07 Å². The fraction of sp³-hybridized carbons (Fsp3) is 0.154. The first-order valence-electron chi connectivity index (χ1n) is 5.59. The van der Waals surface area contributed by atoms with Crippen molar-refractivity contribution in [2.24, 2.45) is 0 Å². The third kappa shape index (κ3) is 2.63. The second-order valence-electron chi connectivity index (χ2n) is 3.89. The van der Waals surface area contributed by atoms with E-state index in [0.717, 1.165) is 5.69 Å². The molecule has 0 aliphatic rings. The van der Waals surface area contributed by atoms with Crippen molar-refractivity contribution in [1.29, 1.82) is 0 Å². The smallest absolute Gasteiger partial charge is 0.292 e. The number of nitrogens with one attached hydrogen (secondary N) is 1. The van der Waals surface area contributed by atoms with E-state index in [4.69, 9.17) is 0 Å². The molecule has 1 heterocycles. The highest BCUT2D eigenvalue weighted by Crippen LogP contribution is 2.26. The van der Waals surface area contributed by atoms with Gasteiger partial charge in [0.2, 0.25) is 0 Å². The molecule has 0 radical (unpaired) electrons. The van der Waals surface area contributed by atoms with Gasteiger partial charge in [-0.25, -0.2) is 0 Å². The van der Waals surface area contributed by atoms with Crippen LogP contribution in [0.4, 0.5) is 11.4 Å². The van der Waals surface area contributed by atoms with Crippen LogP contribution in [-0.2, 0) is 0 Å². The van der Waals surface area contributed by atoms with Crippen LogP contribution < -0.4 is 5.32 Å². The van der Waals surface area contributed by atoms with Crippen LogP contribution in [-0.4, -0.2) is 9.91 Å². The number of nitro groups is 1. The van der Waals surface area contributed by atoms with E-state index in [1.807, 2.05) is 25.1 Å². The van der Waals surface area contributed by atoms with Crippen molar-refractivity contribution in [1.82, 2.24) is 4.98 Å². The van der Waals surface area contributed by atoms with Crippen LogP contribution in [0, 0.1) is 10.1 Å². The summed E-state index contributed by atoms with van der Waals surface area (Å²) in [6.45, 7) is 1.92. The van der Waals surface area contributed by atoms with Gasteiger partial charge >= 0.3 is 0 Å². The number of nitrogens with zero attached hydrogens (tertiary/aromatic N) is 2. The fourth-order valence-corrected chi connectivity index (χ4v) is 1.69. The van der Waals surface area contributed by atoms with E-state index in [-0.39, 0.29) is 11.7 Å². The quantitative estimate of drug-likeness (QED) is 0.661. The number of rotatable bonds is 4. The van der Waals surface area contributed by atoms with Crippen LogP contribution in [0.5, 0.6) is 0 Å². The maximum atomic E-state index is 10.9. The van der Waals surface area contributed by atoms with E-state index in [2.05, 4.69) is 10.3 Å². The molecule has 1 N–H and O–H groups in total. The number of nitro benzene ring substituents is 1. The van der Waals surface area contributed by atoms with Gasteiger partial charge in [0, 0.05) is 12.3 Å². The van der Waals surface area contributed by atoms with Crippen molar-refractivity contribution in [3.8, 4) is 0 Å². The van der Waals surface area contributed by atoms with Crippen LogP contribution in [0.3, 0.4) is 0 Å². The van der Waals surface area contributed by atoms with Crippen molar-refractivity contribution in [2.45, 2.75) is 13.0 Å². The molecule has 2 rings (SSSR count). The minimum atomic E-state index is -0.395. The molecule has 0 bridgehead atoms. The second kappa shape index (κ2) is 5.27. The van der Waals surface area contributed by atoms with Gasteiger partial charge in [0.25, 0.3) is 5.69 Å². The number of aromatic nitrogens is 1. The van der Waals surface area contributed by atoms with Crippen molar-refractivity contribution < 1.29 is 4.92 Å². The zero-order valence-corrected chi connectivity index (χ0v) is 9.91. The van der Waals surface area contributed by atoms with Gasteiger partial charge in [-0.05, 0) is 25.1 Å². The number of benzene rings is 1. The molecule has 0 saturated heterocycles. The van der Waals surface area contributed by atoms with Crippen molar-refractivity contribution in [3.05, 3.63) is 64.5 Å². The molecule has 0 aliphatic carbocycles. The van der Waals surface area contributed by atoms with E-state index in [0.29, 0.717) is 5.69 Å². The lowest BCUT2D eigenvalue weighted by molar-refractivity contribution is -0.384. The van der Waals surface area contributed by atoms with Gasteiger partial charge in [-0.3, -0.25) is 15.1 Å². The van der Waals surface area contributed by atoms with Gasteiger partial charge in [0.15, 0.2) is 0 Å². The summed E-state index contributed by atoms with van der Waals surface area (Å²) in [7, 11) is 0. The predicted molar refractivity (Wildman–Crippen MR) is 69.4 cm³/mol. The number of para-hydroxylation sites is 2. The first kappa shape index (κ1) is 12.0. The molecule has 92 valence electrons. The molecule has 0 unspecified atom stereocenters. The first-order valence-corrected chi connectivity index (χ1v) is 5.59. The topological polar surface area (TPSA) is 68.1 Å². The zero-order valence-electron chi connectivity index (χ0n) is 9.91. The Hall–Kier alpha value is -2.43. The molecule has 0 amide bonds. The Morgan fingerprint density at radius 1 is 1.22 bits per heavy atom.